The molecule has 0 N–H and O–H groups in total. The third-order valence-corrected chi connectivity index (χ3v) is 6.64. The fraction of sp³-hybridized carbons (Fsp3) is 0.600. The van der Waals surface area contributed by atoms with E-state index in [2.05, 4.69) is 32.9 Å². The fourth-order valence-corrected chi connectivity index (χ4v) is 4.93. The first-order valence-corrected chi connectivity index (χ1v) is 9.83. The Kier molecular flexibility index (Phi) is 4.54. The molecular formula is C20H26O3S. The van der Waals surface area contributed by atoms with E-state index in [1.165, 1.54) is 20.9 Å². The molecule has 130 valence electrons. The van der Waals surface area contributed by atoms with Gasteiger partial charge in [0.1, 0.15) is 18.1 Å². The lowest BCUT2D eigenvalue weighted by Crippen LogP contribution is -2.16. The molecule has 0 aliphatic carbocycles. The second-order valence-corrected chi connectivity index (χ2v) is 8.60. The van der Waals surface area contributed by atoms with Crippen LogP contribution >= 0.6 is 11.3 Å². The molecule has 0 spiro atoms. The van der Waals surface area contributed by atoms with Gasteiger partial charge in [-0.2, -0.15) is 0 Å². The molecule has 2 aromatic heterocycles. The van der Waals surface area contributed by atoms with Crippen LogP contribution in [0.2, 0.25) is 0 Å². The van der Waals surface area contributed by atoms with Gasteiger partial charge in [-0.15, -0.1) is 11.3 Å². The largest absolute Gasteiger partial charge is 0.463 e. The van der Waals surface area contributed by atoms with E-state index in [4.69, 9.17) is 13.9 Å². The predicted molar refractivity (Wildman–Crippen MR) is 95.9 cm³/mol. The van der Waals surface area contributed by atoms with Crippen LogP contribution in [0.25, 0.3) is 0 Å². The topological polar surface area (TPSA) is 31.6 Å². The van der Waals surface area contributed by atoms with E-state index in [-0.39, 0.29) is 0 Å². The average Bonchev–Trinajstić information content (AvgIpc) is 3.19. The van der Waals surface area contributed by atoms with Gasteiger partial charge < -0.3 is 13.9 Å². The lowest BCUT2D eigenvalue weighted by molar-refractivity contribution is 0.0873. The molecule has 4 heteroatoms. The van der Waals surface area contributed by atoms with Gasteiger partial charge in [-0.25, -0.2) is 0 Å². The summed E-state index contributed by atoms with van der Waals surface area (Å²) in [7, 11) is 0. The molecule has 3 nitrogen and oxygen atoms in total. The van der Waals surface area contributed by atoms with Crippen LogP contribution in [0.1, 0.15) is 77.3 Å². The second-order valence-electron chi connectivity index (χ2n) is 7.43. The van der Waals surface area contributed by atoms with Gasteiger partial charge in [0.2, 0.25) is 0 Å². The molecule has 2 aliphatic heterocycles. The maximum atomic E-state index is 6.08. The monoisotopic (exact) mass is 346 g/mol. The zero-order valence-corrected chi connectivity index (χ0v) is 15.6. The van der Waals surface area contributed by atoms with Gasteiger partial charge in [0, 0.05) is 21.6 Å². The number of fused-ring (bicyclic) bond motifs is 2. The van der Waals surface area contributed by atoms with Crippen molar-refractivity contribution in [3.63, 3.8) is 0 Å². The molecule has 4 rings (SSSR count). The van der Waals surface area contributed by atoms with E-state index in [9.17, 15) is 0 Å². The Morgan fingerprint density at radius 1 is 1.17 bits per heavy atom. The van der Waals surface area contributed by atoms with Crippen LogP contribution < -0.4 is 0 Å². The van der Waals surface area contributed by atoms with E-state index in [1.807, 2.05) is 11.3 Å². The minimum absolute atomic E-state index is 0.401. The Morgan fingerprint density at radius 2 is 2.04 bits per heavy atom. The zero-order valence-electron chi connectivity index (χ0n) is 14.8. The summed E-state index contributed by atoms with van der Waals surface area (Å²) in [6, 6.07) is 4.67. The van der Waals surface area contributed by atoms with Crippen molar-refractivity contribution in [2.45, 2.75) is 64.6 Å². The molecule has 2 unspecified atom stereocenters. The van der Waals surface area contributed by atoms with Gasteiger partial charge >= 0.3 is 0 Å². The third-order valence-electron chi connectivity index (χ3n) is 5.21. The first-order chi connectivity index (χ1) is 11.6. The van der Waals surface area contributed by atoms with Crippen molar-refractivity contribution in [2.75, 3.05) is 13.2 Å². The first kappa shape index (κ1) is 16.4. The smallest absolute Gasteiger partial charge is 0.133 e. The van der Waals surface area contributed by atoms with Crippen molar-refractivity contribution in [3.05, 3.63) is 44.5 Å². The Bertz CT molecular complexity index is 689. The fourth-order valence-electron chi connectivity index (χ4n) is 3.74. The SMILES string of the molecule is CC(C)c1cc2c(s1)COCC2CC(C)c1cc2c(o1)COCC2. The predicted octanol–water partition coefficient (Wildman–Crippen LogP) is 5.34. The van der Waals surface area contributed by atoms with Gasteiger partial charge in [-0.05, 0) is 42.0 Å². The second kappa shape index (κ2) is 6.66. The van der Waals surface area contributed by atoms with Crippen molar-refractivity contribution in [2.24, 2.45) is 0 Å². The minimum atomic E-state index is 0.401. The molecule has 24 heavy (non-hydrogen) atoms. The number of furan rings is 1. The lowest BCUT2D eigenvalue weighted by atomic mass is 9.87. The summed E-state index contributed by atoms with van der Waals surface area (Å²) in [5, 5.41) is 0. The number of thiophene rings is 1. The molecule has 2 aromatic rings. The van der Waals surface area contributed by atoms with Gasteiger partial charge in [-0.1, -0.05) is 20.8 Å². The standard InChI is InChI=1S/C20H26O3S/c1-12(2)19-8-16-15(9-22-11-20(16)24-19)6-13(3)17-7-14-4-5-21-10-18(14)23-17/h7-8,12-13,15H,4-6,9-11H2,1-3H3. The quantitative estimate of drug-likeness (QED) is 0.748. The van der Waals surface area contributed by atoms with Gasteiger partial charge in [0.25, 0.3) is 0 Å². The number of ether oxygens (including phenoxy) is 2. The van der Waals surface area contributed by atoms with E-state index < -0.39 is 0 Å². The maximum Gasteiger partial charge on any atom is 0.133 e. The summed E-state index contributed by atoms with van der Waals surface area (Å²) < 4.78 is 17.5. The van der Waals surface area contributed by atoms with Crippen LogP contribution in [0.5, 0.6) is 0 Å². The van der Waals surface area contributed by atoms with Crippen molar-refractivity contribution in [1.82, 2.24) is 0 Å². The lowest BCUT2D eigenvalue weighted by Gasteiger charge is -2.25. The normalized spacial score (nSPS) is 21.6. The first-order valence-electron chi connectivity index (χ1n) is 9.01. The zero-order chi connectivity index (χ0) is 16.7. The highest BCUT2D eigenvalue weighted by Gasteiger charge is 2.28. The van der Waals surface area contributed by atoms with Gasteiger partial charge in [0.05, 0.1) is 19.8 Å². The van der Waals surface area contributed by atoms with Gasteiger partial charge in [0.15, 0.2) is 0 Å². The van der Waals surface area contributed by atoms with Crippen LogP contribution in [0.3, 0.4) is 0 Å². The summed E-state index contributed by atoms with van der Waals surface area (Å²) >= 11 is 1.93. The van der Waals surface area contributed by atoms with Crippen molar-refractivity contribution < 1.29 is 13.9 Å². The van der Waals surface area contributed by atoms with Crippen molar-refractivity contribution >= 4 is 11.3 Å². The third kappa shape index (κ3) is 3.07. The molecular weight excluding hydrogens is 320 g/mol. The maximum absolute atomic E-state index is 6.08. The number of hydrogen-bond acceptors (Lipinski definition) is 4. The molecule has 0 saturated heterocycles. The Morgan fingerprint density at radius 3 is 2.83 bits per heavy atom. The highest BCUT2D eigenvalue weighted by molar-refractivity contribution is 7.12. The molecule has 0 saturated carbocycles. The Hall–Kier alpha value is -1.10. The summed E-state index contributed by atoms with van der Waals surface area (Å²) in [4.78, 5) is 2.91. The summed E-state index contributed by atoms with van der Waals surface area (Å²) in [6.45, 7) is 9.86. The summed E-state index contributed by atoms with van der Waals surface area (Å²) in [5.41, 5.74) is 2.85. The van der Waals surface area contributed by atoms with Crippen molar-refractivity contribution in [1.29, 1.82) is 0 Å². The Balaban J connectivity index is 1.52. The molecule has 2 aliphatic rings. The Labute approximate surface area is 148 Å². The molecule has 0 aromatic carbocycles. The van der Waals surface area contributed by atoms with Gasteiger partial charge in [-0.3, -0.25) is 0 Å². The highest BCUT2D eigenvalue weighted by atomic mass is 32.1. The molecule has 0 bridgehead atoms. The summed E-state index contributed by atoms with van der Waals surface area (Å²) in [5.74, 6) is 3.61. The van der Waals surface area contributed by atoms with Crippen LogP contribution in [-0.4, -0.2) is 13.2 Å². The van der Waals surface area contributed by atoms with Crippen LogP contribution in [0, 0.1) is 0 Å². The van der Waals surface area contributed by atoms with Crippen molar-refractivity contribution in [3.8, 4) is 0 Å². The van der Waals surface area contributed by atoms with E-state index in [0.29, 0.717) is 24.4 Å². The molecule has 4 heterocycles. The highest BCUT2D eigenvalue weighted by Crippen LogP contribution is 2.41. The molecule has 0 fully saturated rings. The van der Waals surface area contributed by atoms with Crippen LogP contribution in [0.4, 0.5) is 0 Å². The molecule has 0 radical (unpaired) electrons. The van der Waals surface area contributed by atoms with Crippen LogP contribution in [0.15, 0.2) is 16.5 Å². The molecule has 0 amide bonds. The van der Waals surface area contributed by atoms with E-state index in [0.717, 1.165) is 44.2 Å². The number of hydrogen-bond donors (Lipinski definition) is 0. The molecule has 2 atom stereocenters. The summed E-state index contributed by atoms with van der Waals surface area (Å²) in [6.07, 6.45) is 2.05. The average molecular weight is 346 g/mol. The van der Waals surface area contributed by atoms with E-state index in [1.54, 1.807) is 0 Å². The minimum Gasteiger partial charge on any atom is -0.463 e. The van der Waals surface area contributed by atoms with E-state index >= 15 is 0 Å². The number of rotatable bonds is 4. The van der Waals surface area contributed by atoms with Crippen LogP contribution in [-0.2, 0) is 29.1 Å².